The molecule has 1 aromatic carbocycles. The number of aromatic amines is 1. The third kappa shape index (κ3) is 4.20. The van der Waals surface area contributed by atoms with Crippen molar-refractivity contribution in [1.82, 2.24) is 15.0 Å². The van der Waals surface area contributed by atoms with Gasteiger partial charge in [0.15, 0.2) is 28.3 Å². The van der Waals surface area contributed by atoms with Gasteiger partial charge >= 0.3 is 0 Å². The third-order valence-corrected chi connectivity index (χ3v) is 6.42. The Bertz CT molecular complexity index is 1390. The van der Waals surface area contributed by atoms with Gasteiger partial charge in [0, 0.05) is 60.7 Å². The number of aromatic nitrogens is 3. The second-order valence-electron chi connectivity index (χ2n) is 7.88. The molecule has 1 amide bonds. The highest BCUT2D eigenvalue weighted by molar-refractivity contribution is 7.12. The van der Waals surface area contributed by atoms with Crippen molar-refractivity contribution in [2.24, 2.45) is 0 Å². The molecule has 1 aliphatic rings. The zero-order valence-electron chi connectivity index (χ0n) is 17.3. The minimum absolute atomic E-state index is 0.00165. The van der Waals surface area contributed by atoms with Crippen molar-refractivity contribution in [3.05, 3.63) is 58.4 Å². The Morgan fingerprint density at radius 2 is 1.82 bits per heavy atom. The molecule has 5 rings (SSSR count). The molecule has 12 heteroatoms. The molecular formula is C22H16F5N5OS. The highest BCUT2D eigenvalue weighted by atomic mass is 32.1. The lowest BCUT2D eigenvalue weighted by Gasteiger charge is -2.32. The Balaban J connectivity index is 1.32. The Labute approximate surface area is 193 Å². The number of carbonyl (C=O) groups is 1. The number of hydrogen-bond donors (Lipinski definition) is 2. The molecule has 34 heavy (non-hydrogen) atoms. The Kier molecular flexibility index (Phi) is 5.47. The summed E-state index contributed by atoms with van der Waals surface area (Å²) in [6, 6.07) is 3.16. The first-order valence-electron chi connectivity index (χ1n) is 10.2. The van der Waals surface area contributed by atoms with Gasteiger partial charge in [0.1, 0.15) is 0 Å². The van der Waals surface area contributed by atoms with Crippen LogP contribution in [0.2, 0.25) is 0 Å². The summed E-state index contributed by atoms with van der Waals surface area (Å²) in [6.45, 7) is 0.00330. The molecule has 176 valence electrons. The molecule has 0 unspecified atom stereocenters. The number of halogens is 5. The predicted molar refractivity (Wildman–Crippen MR) is 118 cm³/mol. The summed E-state index contributed by atoms with van der Waals surface area (Å²) in [5.41, 5.74) is 1.20. The summed E-state index contributed by atoms with van der Waals surface area (Å²) in [5, 5.41) is 4.50. The van der Waals surface area contributed by atoms with Gasteiger partial charge in [-0.15, -0.1) is 11.3 Å². The van der Waals surface area contributed by atoms with Crippen molar-refractivity contribution >= 4 is 39.7 Å². The fraction of sp³-hybridized carbons (Fsp3) is 0.227. The van der Waals surface area contributed by atoms with Crippen molar-refractivity contribution < 1.29 is 26.7 Å². The molecule has 4 heterocycles. The Morgan fingerprint density at radius 1 is 1.09 bits per heavy atom. The van der Waals surface area contributed by atoms with E-state index in [0.29, 0.717) is 22.2 Å². The van der Waals surface area contributed by atoms with E-state index in [0.717, 1.165) is 23.5 Å². The van der Waals surface area contributed by atoms with Gasteiger partial charge in [0.25, 0.3) is 11.8 Å². The fourth-order valence-electron chi connectivity index (χ4n) is 3.76. The minimum Gasteiger partial charge on any atom is -0.359 e. The first kappa shape index (κ1) is 22.3. The number of amides is 1. The first-order valence-corrected chi connectivity index (χ1v) is 11.1. The zero-order valence-corrected chi connectivity index (χ0v) is 18.2. The van der Waals surface area contributed by atoms with Crippen molar-refractivity contribution in [3.63, 3.8) is 0 Å². The summed E-state index contributed by atoms with van der Waals surface area (Å²) < 4.78 is 68.4. The lowest BCUT2D eigenvalue weighted by atomic mass is 10.1. The summed E-state index contributed by atoms with van der Waals surface area (Å²) in [4.78, 5) is 25.2. The molecule has 1 aliphatic heterocycles. The minimum atomic E-state index is -2.75. The van der Waals surface area contributed by atoms with Gasteiger partial charge in [-0.1, -0.05) is 0 Å². The molecule has 0 aliphatic carbocycles. The zero-order chi connectivity index (χ0) is 24.0. The van der Waals surface area contributed by atoms with E-state index in [1.54, 1.807) is 5.38 Å². The van der Waals surface area contributed by atoms with Crippen LogP contribution in [0.3, 0.4) is 0 Å². The van der Waals surface area contributed by atoms with E-state index < -0.39 is 29.3 Å². The molecular weight excluding hydrogens is 477 g/mol. The maximum atomic E-state index is 14.7. The Morgan fingerprint density at radius 3 is 2.56 bits per heavy atom. The third-order valence-electron chi connectivity index (χ3n) is 5.58. The maximum Gasteiger partial charge on any atom is 0.284 e. The molecule has 4 aromatic rings. The lowest BCUT2D eigenvalue weighted by molar-refractivity contribution is -0.0222. The van der Waals surface area contributed by atoms with E-state index in [1.165, 1.54) is 23.4 Å². The van der Waals surface area contributed by atoms with E-state index in [4.69, 9.17) is 0 Å². The number of nitrogens with one attached hydrogen (secondary N) is 2. The molecule has 0 radical (unpaired) electrons. The van der Waals surface area contributed by atoms with Crippen LogP contribution in [0.5, 0.6) is 0 Å². The van der Waals surface area contributed by atoms with E-state index in [1.807, 2.05) is 0 Å². The number of benzene rings is 1. The second kappa shape index (κ2) is 8.35. The predicted octanol–water partition coefficient (Wildman–Crippen LogP) is 5.59. The largest absolute Gasteiger partial charge is 0.359 e. The standard InChI is InChI=1S/C22H16F5N5OS/c23-13-6-12-16(7-14(13)24)28-9-17(12)30-20(33)21-31-18(10-34-21)11-5-15(25)19(29-8-11)32-3-1-22(26,27)2-4-32/h5-10,28H,1-4H2,(H,30,33). The maximum absolute atomic E-state index is 14.7. The van der Waals surface area contributed by atoms with E-state index in [-0.39, 0.29) is 42.4 Å². The number of thiazole rings is 1. The summed E-state index contributed by atoms with van der Waals surface area (Å²) in [5.74, 6) is -6.06. The van der Waals surface area contributed by atoms with Gasteiger partial charge in [-0.2, -0.15) is 0 Å². The number of pyridine rings is 1. The van der Waals surface area contributed by atoms with Crippen molar-refractivity contribution in [2.45, 2.75) is 18.8 Å². The fourth-order valence-corrected chi connectivity index (χ4v) is 4.48. The van der Waals surface area contributed by atoms with Crippen LogP contribution in [-0.4, -0.2) is 39.9 Å². The van der Waals surface area contributed by atoms with Crippen molar-refractivity contribution in [1.29, 1.82) is 0 Å². The molecule has 1 fully saturated rings. The van der Waals surface area contributed by atoms with Gasteiger partial charge in [-0.05, 0) is 12.1 Å². The first-order chi connectivity index (χ1) is 16.2. The number of piperidine rings is 1. The van der Waals surface area contributed by atoms with Crippen LogP contribution in [0.25, 0.3) is 22.2 Å². The quantitative estimate of drug-likeness (QED) is 0.364. The smallest absolute Gasteiger partial charge is 0.284 e. The summed E-state index contributed by atoms with van der Waals surface area (Å²) in [6.07, 6.45) is 2.06. The molecule has 6 nitrogen and oxygen atoms in total. The highest BCUT2D eigenvalue weighted by Gasteiger charge is 2.35. The highest BCUT2D eigenvalue weighted by Crippen LogP contribution is 2.32. The average molecular weight is 493 g/mol. The number of nitrogens with zero attached hydrogens (tertiary/aromatic N) is 3. The molecule has 2 N–H and O–H groups in total. The molecule has 0 spiro atoms. The van der Waals surface area contributed by atoms with E-state index in [2.05, 4.69) is 20.3 Å². The van der Waals surface area contributed by atoms with E-state index in [9.17, 15) is 26.7 Å². The number of carbonyl (C=O) groups excluding carboxylic acids is 1. The van der Waals surface area contributed by atoms with Crippen molar-refractivity contribution in [3.8, 4) is 11.3 Å². The molecule has 0 atom stereocenters. The second-order valence-corrected chi connectivity index (χ2v) is 8.74. The van der Waals surface area contributed by atoms with Crippen LogP contribution in [-0.2, 0) is 0 Å². The number of H-pyrrole nitrogens is 1. The van der Waals surface area contributed by atoms with Crippen molar-refractivity contribution in [2.75, 3.05) is 23.3 Å². The monoisotopic (exact) mass is 493 g/mol. The van der Waals surface area contributed by atoms with Gasteiger partial charge in [-0.25, -0.2) is 31.9 Å². The van der Waals surface area contributed by atoms with Crippen LogP contribution in [0.1, 0.15) is 22.6 Å². The number of rotatable bonds is 4. The van der Waals surface area contributed by atoms with E-state index >= 15 is 0 Å². The SMILES string of the molecule is O=C(Nc1c[nH]c2cc(F)c(F)cc12)c1nc(-c2cnc(N3CCC(F)(F)CC3)c(F)c2)cs1. The molecule has 0 bridgehead atoms. The van der Waals surface area contributed by atoms with Gasteiger partial charge < -0.3 is 15.2 Å². The van der Waals surface area contributed by atoms with Gasteiger partial charge in [0.2, 0.25) is 0 Å². The number of alkyl halides is 2. The summed E-state index contributed by atoms with van der Waals surface area (Å²) >= 11 is 1.01. The molecule has 0 saturated carbocycles. The van der Waals surface area contributed by atoms with Crippen LogP contribution in [0.4, 0.5) is 33.5 Å². The number of hydrogen-bond acceptors (Lipinski definition) is 5. The van der Waals surface area contributed by atoms with Gasteiger partial charge in [0.05, 0.1) is 16.9 Å². The van der Waals surface area contributed by atoms with Crippen LogP contribution in [0.15, 0.2) is 36.0 Å². The lowest BCUT2D eigenvalue weighted by Crippen LogP contribution is -2.40. The Hall–Kier alpha value is -3.54. The summed E-state index contributed by atoms with van der Waals surface area (Å²) in [7, 11) is 0. The normalized spacial score (nSPS) is 15.6. The molecule has 3 aromatic heterocycles. The number of anilines is 2. The topological polar surface area (TPSA) is 73.9 Å². The van der Waals surface area contributed by atoms with Gasteiger partial charge in [-0.3, -0.25) is 4.79 Å². The number of fused-ring (bicyclic) bond motifs is 1. The van der Waals surface area contributed by atoms with Crippen LogP contribution >= 0.6 is 11.3 Å². The van der Waals surface area contributed by atoms with Crippen LogP contribution < -0.4 is 10.2 Å². The average Bonchev–Trinajstić information content (AvgIpc) is 3.43. The van der Waals surface area contributed by atoms with Crippen LogP contribution in [0, 0.1) is 17.5 Å². The molecule has 1 saturated heterocycles.